The molecule has 2 heterocycles. The molecule has 3 rings (SSSR count). The van der Waals surface area contributed by atoms with Crippen molar-refractivity contribution >= 4 is 34.1 Å². The average Bonchev–Trinajstić information content (AvgIpc) is 3.06. The SMILES string of the molecule is CC(Sc1cccc[n+]1[O-])C(=O)Nc1nc(-c2ccccc2)cs1. The van der Waals surface area contributed by atoms with Crippen molar-refractivity contribution in [3.63, 3.8) is 0 Å². The zero-order valence-electron chi connectivity index (χ0n) is 12.9. The first-order chi connectivity index (χ1) is 11.6. The minimum Gasteiger partial charge on any atom is -0.618 e. The summed E-state index contributed by atoms with van der Waals surface area (Å²) >= 11 is 2.60. The summed E-state index contributed by atoms with van der Waals surface area (Å²) < 4.78 is 0.755. The predicted molar refractivity (Wildman–Crippen MR) is 96.9 cm³/mol. The van der Waals surface area contributed by atoms with E-state index in [4.69, 9.17) is 0 Å². The van der Waals surface area contributed by atoms with Crippen LogP contribution in [0.1, 0.15) is 6.92 Å². The molecule has 5 nitrogen and oxygen atoms in total. The fraction of sp³-hybridized carbons (Fsp3) is 0.118. The number of hydrogen-bond donors (Lipinski definition) is 1. The standard InChI is InChI=1S/C17H15N3O2S2/c1-12(24-15-9-5-6-10-20(15)22)16(21)19-17-18-14(11-23-17)13-7-3-2-4-8-13/h2-12H,1H3,(H,18,19,21). The first-order valence-electron chi connectivity index (χ1n) is 7.30. The number of hydrogen-bond acceptors (Lipinski definition) is 5. The van der Waals surface area contributed by atoms with E-state index in [1.807, 2.05) is 35.7 Å². The van der Waals surface area contributed by atoms with Crippen molar-refractivity contribution in [2.24, 2.45) is 0 Å². The summed E-state index contributed by atoms with van der Waals surface area (Å²) in [6.45, 7) is 1.76. The average molecular weight is 357 g/mol. The highest BCUT2D eigenvalue weighted by Crippen LogP contribution is 2.26. The first kappa shape index (κ1) is 16.5. The molecule has 0 saturated heterocycles. The van der Waals surface area contributed by atoms with Gasteiger partial charge >= 0.3 is 0 Å². The lowest BCUT2D eigenvalue weighted by Crippen LogP contribution is -2.30. The largest absolute Gasteiger partial charge is 0.618 e. The van der Waals surface area contributed by atoms with E-state index in [9.17, 15) is 10.0 Å². The summed E-state index contributed by atoms with van der Waals surface area (Å²) in [5, 5.41) is 17.0. The molecule has 0 aliphatic rings. The number of thioether (sulfide) groups is 1. The minimum absolute atomic E-state index is 0.183. The van der Waals surface area contributed by atoms with Gasteiger partial charge in [-0.25, -0.2) is 4.98 Å². The van der Waals surface area contributed by atoms with Crippen LogP contribution in [0.15, 0.2) is 65.1 Å². The monoisotopic (exact) mass is 357 g/mol. The van der Waals surface area contributed by atoms with Crippen LogP contribution < -0.4 is 10.0 Å². The quantitative estimate of drug-likeness (QED) is 0.431. The molecule has 2 aromatic heterocycles. The number of amides is 1. The molecule has 0 bridgehead atoms. The number of rotatable bonds is 5. The van der Waals surface area contributed by atoms with Crippen LogP contribution in [0.4, 0.5) is 5.13 Å². The Balaban J connectivity index is 1.65. The normalized spacial score (nSPS) is 11.9. The number of carbonyl (C=O) groups excluding carboxylic acids is 1. The van der Waals surface area contributed by atoms with Crippen molar-refractivity contribution in [2.75, 3.05) is 5.32 Å². The molecule has 7 heteroatoms. The number of benzene rings is 1. The smallest absolute Gasteiger partial charge is 0.252 e. The van der Waals surface area contributed by atoms with Crippen LogP contribution in [-0.2, 0) is 4.79 Å². The van der Waals surface area contributed by atoms with Crippen LogP contribution in [0.25, 0.3) is 11.3 Å². The highest BCUT2D eigenvalue weighted by atomic mass is 32.2. The summed E-state index contributed by atoms with van der Waals surface area (Å²) in [6.07, 6.45) is 1.42. The molecule has 0 aliphatic heterocycles. The number of nitrogens with zero attached hydrogens (tertiary/aromatic N) is 2. The lowest BCUT2D eigenvalue weighted by molar-refractivity contribution is -0.645. The summed E-state index contributed by atoms with van der Waals surface area (Å²) in [5.41, 5.74) is 1.84. The van der Waals surface area contributed by atoms with E-state index in [1.165, 1.54) is 29.3 Å². The Bertz CT molecular complexity index is 837. The second kappa shape index (κ2) is 7.46. The molecule has 3 aromatic rings. The number of aromatic nitrogens is 2. The number of thiazole rings is 1. The maximum absolute atomic E-state index is 12.3. The zero-order valence-corrected chi connectivity index (χ0v) is 14.5. The van der Waals surface area contributed by atoms with Gasteiger partial charge in [0, 0.05) is 23.1 Å². The molecule has 0 radical (unpaired) electrons. The van der Waals surface area contributed by atoms with E-state index in [0.717, 1.165) is 16.0 Å². The van der Waals surface area contributed by atoms with Crippen LogP contribution in [0.3, 0.4) is 0 Å². The van der Waals surface area contributed by atoms with E-state index >= 15 is 0 Å². The third kappa shape index (κ3) is 3.93. The number of pyridine rings is 1. The molecular weight excluding hydrogens is 342 g/mol. The Kier molecular flexibility index (Phi) is 5.12. The Morgan fingerprint density at radius 2 is 2.00 bits per heavy atom. The number of carbonyl (C=O) groups is 1. The lowest BCUT2D eigenvalue weighted by Gasteiger charge is -2.09. The molecule has 0 spiro atoms. The van der Waals surface area contributed by atoms with Crippen LogP contribution in [-0.4, -0.2) is 16.1 Å². The van der Waals surface area contributed by atoms with Gasteiger partial charge < -0.3 is 10.5 Å². The van der Waals surface area contributed by atoms with Gasteiger partial charge in [-0.2, -0.15) is 4.73 Å². The van der Waals surface area contributed by atoms with E-state index in [2.05, 4.69) is 10.3 Å². The molecule has 1 atom stereocenters. The van der Waals surface area contributed by atoms with Crippen LogP contribution in [0.5, 0.6) is 0 Å². The molecule has 0 aliphatic carbocycles. The highest BCUT2D eigenvalue weighted by Gasteiger charge is 2.19. The summed E-state index contributed by atoms with van der Waals surface area (Å²) in [7, 11) is 0. The van der Waals surface area contributed by atoms with Crippen molar-refractivity contribution in [3.8, 4) is 11.3 Å². The lowest BCUT2D eigenvalue weighted by atomic mass is 10.2. The van der Waals surface area contributed by atoms with E-state index < -0.39 is 5.25 Å². The van der Waals surface area contributed by atoms with Gasteiger partial charge in [0.2, 0.25) is 5.91 Å². The predicted octanol–water partition coefficient (Wildman–Crippen LogP) is 3.56. The fourth-order valence-electron chi connectivity index (χ4n) is 2.02. The van der Waals surface area contributed by atoms with Crippen molar-refractivity contribution in [3.05, 3.63) is 65.3 Å². The van der Waals surface area contributed by atoms with Gasteiger partial charge in [0.25, 0.3) is 5.03 Å². The third-order valence-corrected chi connectivity index (χ3v) is 5.14. The summed E-state index contributed by atoms with van der Waals surface area (Å²) in [5.74, 6) is -0.183. The van der Waals surface area contributed by atoms with E-state index in [0.29, 0.717) is 10.2 Å². The molecule has 24 heavy (non-hydrogen) atoms. The van der Waals surface area contributed by atoms with Crippen molar-refractivity contribution in [2.45, 2.75) is 17.2 Å². The first-order valence-corrected chi connectivity index (χ1v) is 9.06. The zero-order chi connectivity index (χ0) is 16.9. The van der Waals surface area contributed by atoms with Gasteiger partial charge in [-0.1, -0.05) is 30.3 Å². The summed E-state index contributed by atoms with van der Waals surface area (Å²) in [6, 6.07) is 14.9. The Morgan fingerprint density at radius 1 is 1.25 bits per heavy atom. The van der Waals surface area contributed by atoms with Gasteiger partial charge in [-0.3, -0.25) is 4.79 Å². The minimum atomic E-state index is -0.406. The highest BCUT2D eigenvalue weighted by molar-refractivity contribution is 8.00. The van der Waals surface area contributed by atoms with Crippen molar-refractivity contribution in [1.82, 2.24) is 4.98 Å². The molecule has 0 fully saturated rings. The van der Waals surface area contributed by atoms with Gasteiger partial charge in [-0.15, -0.1) is 11.3 Å². The number of nitrogens with one attached hydrogen (secondary N) is 1. The van der Waals surface area contributed by atoms with E-state index in [1.54, 1.807) is 25.1 Å². The molecule has 122 valence electrons. The second-order valence-corrected chi connectivity index (χ2v) is 7.24. The Morgan fingerprint density at radius 3 is 2.75 bits per heavy atom. The third-order valence-electron chi connectivity index (χ3n) is 3.26. The van der Waals surface area contributed by atoms with Gasteiger partial charge in [0.05, 0.1) is 10.9 Å². The molecule has 1 aromatic carbocycles. The van der Waals surface area contributed by atoms with E-state index in [-0.39, 0.29) is 5.91 Å². The maximum Gasteiger partial charge on any atom is 0.252 e. The van der Waals surface area contributed by atoms with Gasteiger partial charge in [-0.05, 0) is 24.8 Å². The van der Waals surface area contributed by atoms with Crippen LogP contribution in [0, 0.1) is 5.21 Å². The molecule has 0 saturated carbocycles. The Labute approximate surface area is 148 Å². The topological polar surface area (TPSA) is 68.9 Å². The molecular formula is C17H15N3O2S2. The maximum atomic E-state index is 12.3. The van der Waals surface area contributed by atoms with Crippen LogP contribution in [0.2, 0.25) is 0 Å². The summed E-state index contributed by atoms with van der Waals surface area (Å²) in [4.78, 5) is 16.7. The van der Waals surface area contributed by atoms with Crippen molar-refractivity contribution < 1.29 is 9.52 Å². The molecule has 1 amide bonds. The van der Waals surface area contributed by atoms with Gasteiger partial charge in [0.15, 0.2) is 11.3 Å². The van der Waals surface area contributed by atoms with Crippen LogP contribution >= 0.6 is 23.1 Å². The Hall–Kier alpha value is -2.38. The molecule has 1 unspecified atom stereocenters. The second-order valence-electron chi connectivity index (χ2n) is 5.02. The fourth-order valence-corrected chi connectivity index (χ4v) is 3.59. The van der Waals surface area contributed by atoms with Gasteiger partial charge in [0.1, 0.15) is 0 Å². The van der Waals surface area contributed by atoms with Crippen molar-refractivity contribution in [1.29, 1.82) is 0 Å². The molecule has 1 N–H and O–H groups in total. The number of anilines is 1.